The summed E-state index contributed by atoms with van der Waals surface area (Å²) >= 11 is 0. The number of fused-ring (bicyclic) bond motifs is 1. The standard InChI is InChI=1S/C10H8N4O/c1-2-4-8-7(3-1)9(5-11-8)15-10-6-12-14-13-10/h1-6,11H,(H,12,13,14). The monoisotopic (exact) mass is 200 g/mol. The molecule has 3 rings (SSSR count). The van der Waals surface area contributed by atoms with Gasteiger partial charge < -0.3 is 9.72 Å². The Morgan fingerprint density at radius 2 is 2.13 bits per heavy atom. The van der Waals surface area contributed by atoms with Crippen LogP contribution in [0.1, 0.15) is 0 Å². The van der Waals surface area contributed by atoms with Crippen molar-refractivity contribution in [3.05, 3.63) is 36.7 Å². The molecule has 5 nitrogen and oxygen atoms in total. The second kappa shape index (κ2) is 3.13. The third-order valence-corrected chi connectivity index (χ3v) is 2.16. The predicted molar refractivity (Wildman–Crippen MR) is 54.8 cm³/mol. The van der Waals surface area contributed by atoms with Crippen LogP contribution in [0.2, 0.25) is 0 Å². The molecule has 0 spiro atoms. The molecule has 0 unspecified atom stereocenters. The van der Waals surface area contributed by atoms with E-state index in [0.29, 0.717) is 5.88 Å². The van der Waals surface area contributed by atoms with Crippen molar-refractivity contribution >= 4 is 10.9 Å². The summed E-state index contributed by atoms with van der Waals surface area (Å²) < 4.78 is 5.54. The van der Waals surface area contributed by atoms with Crippen molar-refractivity contribution in [1.82, 2.24) is 20.4 Å². The Morgan fingerprint density at radius 1 is 1.20 bits per heavy atom. The second-order valence-electron chi connectivity index (χ2n) is 3.11. The molecule has 0 aliphatic heterocycles. The molecule has 3 aromatic rings. The summed E-state index contributed by atoms with van der Waals surface area (Å²) in [6, 6.07) is 7.91. The normalized spacial score (nSPS) is 10.7. The van der Waals surface area contributed by atoms with E-state index in [1.54, 1.807) is 6.20 Å². The predicted octanol–water partition coefficient (Wildman–Crippen LogP) is 2.08. The van der Waals surface area contributed by atoms with Crippen LogP contribution >= 0.6 is 0 Å². The lowest BCUT2D eigenvalue weighted by molar-refractivity contribution is 0.467. The van der Waals surface area contributed by atoms with Gasteiger partial charge in [0.2, 0.25) is 0 Å². The van der Waals surface area contributed by atoms with Crippen molar-refractivity contribution in [2.24, 2.45) is 0 Å². The Hall–Kier alpha value is -2.30. The van der Waals surface area contributed by atoms with Gasteiger partial charge in [0, 0.05) is 17.1 Å². The molecule has 1 aromatic carbocycles. The highest BCUT2D eigenvalue weighted by atomic mass is 16.5. The van der Waals surface area contributed by atoms with E-state index >= 15 is 0 Å². The number of aromatic amines is 2. The average molecular weight is 200 g/mol. The molecule has 0 radical (unpaired) electrons. The number of hydrogen-bond acceptors (Lipinski definition) is 3. The summed E-state index contributed by atoms with van der Waals surface area (Å²) in [6.07, 6.45) is 3.33. The number of aromatic nitrogens is 4. The van der Waals surface area contributed by atoms with Crippen LogP contribution in [0, 0.1) is 0 Å². The first-order chi connectivity index (χ1) is 7.43. The fourth-order valence-corrected chi connectivity index (χ4v) is 1.48. The van der Waals surface area contributed by atoms with Gasteiger partial charge in [0.25, 0.3) is 5.88 Å². The number of rotatable bonds is 2. The highest BCUT2D eigenvalue weighted by Gasteiger charge is 2.05. The molecule has 0 saturated heterocycles. The average Bonchev–Trinajstić information content (AvgIpc) is 2.89. The van der Waals surface area contributed by atoms with Gasteiger partial charge in [0.05, 0.1) is 0 Å². The van der Waals surface area contributed by atoms with Gasteiger partial charge in [-0.3, -0.25) is 0 Å². The van der Waals surface area contributed by atoms with E-state index in [9.17, 15) is 0 Å². The van der Waals surface area contributed by atoms with E-state index in [0.717, 1.165) is 16.7 Å². The molecule has 5 heteroatoms. The van der Waals surface area contributed by atoms with Gasteiger partial charge in [-0.2, -0.15) is 10.3 Å². The summed E-state index contributed by atoms with van der Waals surface area (Å²) in [6.45, 7) is 0. The fraction of sp³-hybridized carbons (Fsp3) is 0. The Labute approximate surface area is 85.1 Å². The summed E-state index contributed by atoms with van der Waals surface area (Å²) in [4.78, 5) is 3.12. The third kappa shape index (κ3) is 1.34. The van der Waals surface area contributed by atoms with Crippen LogP contribution in [0.25, 0.3) is 10.9 Å². The van der Waals surface area contributed by atoms with Gasteiger partial charge in [0.1, 0.15) is 6.20 Å². The number of nitrogens with one attached hydrogen (secondary N) is 2. The molecule has 0 saturated carbocycles. The third-order valence-electron chi connectivity index (χ3n) is 2.16. The summed E-state index contributed by atoms with van der Waals surface area (Å²) in [7, 11) is 0. The molecule has 0 fully saturated rings. The van der Waals surface area contributed by atoms with E-state index in [1.165, 1.54) is 6.20 Å². The van der Waals surface area contributed by atoms with Crippen molar-refractivity contribution in [3.8, 4) is 11.6 Å². The van der Waals surface area contributed by atoms with Crippen molar-refractivity contribution in [3.63, 3.8) is 0 Å². The number of nitrogens with zero attached hydrogens (tertiary/aromatic N) is 2. The van der Waals surface area contributed by atoms with Gasteiger partial charge in [-0.1, -0.05) is 12.1 Å². The first kappa shape index (κ1) is 8.05. The smallest absolute Gasteiger partial charge is 0.258 e. The SMILES string of the molecule is c1ccc2c(Oc3cn[nH]n3)c[nH]c2c1. The lowest BCUT2D eigenvalue weighted by atomic mass is 10.2. The van der Waals surface area contributed by atoms with Gasteiger partial charge in [-0.15, -0.1) is 5.10 Å². The molecule has 0 aliphatic rings. The molecular formula is C10H8N4O. The number of ether oxygens (including phenoxy) is 1. The van der Waals surface area contributed by atoms with Crippen LogP contribution in [0.5, 0.6) is 11.6 Å². The Kier molecular flexibility index (Phi) is 1.68. The molecule has 15 heavy (non-hydrogen) atoms. The van der Waals surface area contributed by atoms with Crippen molar-refractivity contribution in [1.29, 1.82) is 0 Å². The quantitative estimate of drug-likeness (QED) is 0.665. The molecule has 0 atom stereocenters. The van der Waals surface area contributed by atoms with E-state index < -0.39 is 0 Å². The second-order valence-corrected chi connectivity index (χ2v) is 3.11. The van der Waals surface area contributed by atoms with Crippen molar-refractivity contribution < 1.29 is 4.74 Å². The fourth-order valence-electron chi connectivity index (χ4n) is 1.48. The molecule has 2 N–H and O–H groups in total. The highest BCUT2D eigenvalue weighted by Crippen LogP contribution is 2.27. The molecule has 0 amide bonds. The minimum absolute atomic E-state index is 0.458. The van der Waals surface area contributed by atoms with Crippen LogP contribution in [-0.4, -0.2) is 20.4 Å². The zero-order valence-corrected chi connectivity index (χ0v) is 7.77. The van der Waals surface area contributed by atoms with Crippen LogP contribution < -0.4 is 4.74 Å². The van der Waals surface area contributed by atoms with Gasteiger partial charge in [-0.25, -0.2) is 0 Å². The topological polar surface area (TPSA) is 66.6 Å². The minimum atomic E-state index is 0.458. The zero-order valence-electron chi connectivity index (χ0n) is 7.77. The van der Waals surface area contributed by atoms with Gasteiger partial charge >= 0.3 is 0 Å². The van der Waals surface area contributed by atoms with E-state index in [-0.39, 0.29) is 0 Å². The van der Waals surface area contributed by atoms with Gasteiger partial charge in [0.15, 0.2) is 5.75 Å². The lowest BCUT2D eigenvalue weighted by Gasteiger charge is -1.97. The Morgan fingerprint density at radius 3 is 3.00 bits per heavy atom. The largest absolute Gasteiger partial charge is 0.434 e. The highest BCUT2D eigenvalue weighted by molar-refractivity contribution is 5.86. The van der Waals surface area contributed by atoms with E-state index in [1.807, 2.05) is 24.3 Å². The maximum absolute atomic E-state index is 5.54. The molecule has 2 heterocycles. The van der Waals surface area contributed by atoms with Crippen LogP contribution in [0.15, 0.2) is 36.7 Å². The summed E-state index contributed by atoms with van der Waals surface area (Å²) in [5, 5.41) is 11.0. The minimum Gasteiger partial charge on any atom is -0.434 e. The molecule has 74 valence electrons. The first-order valence-corrected chi connectivity index (χ1v) is 4.53. The van der Waals surface area contributed by atoms with E-state index in [4.69, 9.17) is 4.74 Å². The molecule has 2 aromatic heterocycles. The van der Waals surface area contributed by atoms with Crippen molar-refractivity contribution in [2.75, 3.05) is 0 Å². The Bertz CT molecular complexity index is 570. The maximum Gasteiger partial charge on any atom is 0.258 e. The molecule has 0 bridgehead atoms. The maximum atomic E-state index is 5.54. The van der Waals surface area contributed by atoms with Crippen LogP contribution in [-0.2, 0) is 0 Å². The summed E-state index contributed by atoms with van der Waals surface area (Å²) in [5.74, 6) is 1.21. The van der Waals surface area contributed by atoms with Crippen molar-refractivity contribution in [2.45, 2.75) is 0 Å². The number of hydrogen-bond donors (Lipinski definition) is 2. The van der Waals surface area contributed by atoms with Crippen LogP contribution in [0.3, 0.4) is 0 Å². The van der Waals surface area contributed by atoms with E-state index in [2.05, 4.69) is 20.4 Å². The lowest BCUT2D eigenvalue weighted by Crippen LogP contribution is -1.82. The Balaban J connectivity index is 2.05. The number of benzene rings is 1. The number of para-hydroxylation sites is 1. The number of H-pyrrole nitrogens is 2. The first-order valence-electron chi connectivity index (χ1n) is 4.53. The van der Waals surface area contributed by atoms with Crippen LogP contribution in [0.4, 0.5) is 0 Å². The zero-order chi connectivity index (χ0) is 10.1. The molecular weight excluding hydrogens is 192 g/mol. The summed E-state index contributed by atoms with van der Waals surface area (Å²) in [5.41, 5.74) is 1.04. The molecule has 0 aliphatic carbocycles. The van der Waals surface area contributed by atoms with Gasteiger partial charge in [-0.05, 0) is 12.1 Å².